The largest absolute Gasteiger partial charge is 0.396 e. The van der Waals surface area contributed by atoms with E-state index in [2.05, 4.69) is 22.5 Å². The van der Waals surface area contributed by atoms with Gasteiger partial charge >= 0.3 is 0 Å². The summed E-state index contributed by atoms with van der Waals surface area (Å²) < 4.78 is 1.53. The minimum Gasteiger partial charge on any atom is -0.396 e. The molecule has 0 spiro atoms. The van der Waals surface area contributed by atoms with Crippen molar-refractivity contribution in [1.82, 2.24) is 15.1 Å². The highest BCUT2D eigenvalue weighted by Crippen LogP contribution is 2.01. The zero-order valence-electron chi connectivity index (χ0n) is 10.7. The molecule has 1 heterocycles. The lowest BCUT2D eigenvalue weighted by Gasteiger charge is -2.05. The number of nitrogen functional groups attached to an aromatic ring is 1. The Kier molecular flexibility index (Phi) is 4.55. The van der Waals surface area contributed by atoms with Crippen LogP contribution in [0.1, 0.15) is 12.0 Å². The van der Waals surface area contributed by atoms with Gasteiger partial charge in [-0.1, -0.05) is 30.3 Å². The molecule has 5 nitrogen and oxygen atoms in total. The van der Waals surface area contributed by atoms with E-state index in [1.807, 2.05) is 18.2 Å². The SMILES string of the molecule is Nc1cnn(CC(=O)NCCCc2ccccc2)c1. The molecule has 5 heteroatoms. The fourth-order valence-corrected chi connectivity index (χ4v) is 1.83. The summed E-state index contributed by atoms with van der Waals surface area (Å²) in [5.74, 6) is -0.0452. The van der Waals surface area contributed by atoms with E-state index in [9.17, 15) is 4.79 Å². The van der Waals surface area contributed by atoms with E-state index >= 15 is 0 Å². The second-order valence-corrected chi connectivity index (χ2v) is 4.41. The molecule has 0 unspecified atom stereocenters. The number of nitrogens with two attached hydrogens (primary N) is 1. The van der Waals surface area contributed by atoms with Crippen molar-refractivity contribution in [2.75, 3.05) is 12.3 Å². The molecule has 0 fully saturated rings. The number of rotatable bonds is 6. The molecule has 0 atom stereocenters. The average Bonchev–Trinajstić information content (AvgIpc) is 2.81. The molecule has 0 bridgehead atoms. The topological polar surface area (TPSA) is 72.9 Å². The van der Waals surface area contributed by atoms with Gasteiger partial charge in [0.1, 0.15) is 6.54 Å². The Morgan fingerprint density at radius 3 is 2.79 bits per heavy atom. The molecule has 1 aromatic carbocycles. The molecule has 100 valence electrons. The Morgan fingerprint density at radius 2 is 2.11 bits per heavy atom. The van der Waals surface area contributed by atoms with Crippen LogP contribution in [0.4, 0.5) is 5.69 Å². The van der Waals surface area contributed by atoms with Crippen LogP contribution in [0, 0.1) is 0 Å². The highest BCUT2D eigenvalue weighted by molar-refractivity contribution is 5.75. The van der Waals surface area contributed by atoms with Crippen LogP contribution in [0.5, 0.6) is 0 Å². The minimum atomic E-state index is -0.0452. The molecule has 1 aromatic heterocycles. The number of nitrogens with zero attached hydrogens (tertiary/aromatic N) is 2. The number of hydrogen-bond acceptors (Lipinski definition) is 3. The maximum atomic E-state index is 11.6. The third-order valence-electron chi connectivity index (χ3n) is 2.77. The molecular weight excluding hydrogens is 240 g/mol. The van der Waals surface area contributed by atoms with Crippen molar-refractivity contribution >= 4 is 11.6 Å². The van der Waals surface area contributed by atoms with Crippen LogP contribution in [-0.4, -0.2) is 22.2 Å². The zero-order valence-corrected chi connectivity index (χ0v) is 10.7. The Morgan fingerprint density at radius 1 is 1.32 bits per heavy atom. The van der Waals surface area contributed by atoms with Gasteiger partial charge < -0.3 is 11.1 Å². The van der Waals surface area contributed by atoms with E-state index < -0.39 is 0 Å². The predicted molar refractivity (Wildman–Crippen MR) is 74.4 cm³/mol. The van der Waals surface area contributed by atoms with Gasteiger partial charge in [0.15, 0.2) is 0 Å². The first-order valence-corrected chi connectivity index (χ1v) is 6.32. The molecule has 0 saturated heterocycles. The molecule has 1 amide bonds. The van der Waals surface area contributed by atoms with Crippen molar-refractivity contribution in [3.05, 3.63) is 48.3 Å². The van der Waals surface area contributed by atoms with Crippen molar-refractivity contribution in [2.24, 2.45) is 0 Å². The van der Waals surface area contributed by atoms with Crippen LogP contribution in [0.15, 0.2) is 42.7 Å². The van der Waals surface area contributed by atoms with Gasteiger partial charge in [-0.2, -0.15) is 5.10 Å². The predicted octanol–water partition coefficient (Wildman–Crippen LogP) is 1.21. The Bertz CT molecular complexity index is 521. The van der Waals surface area contributed by atoms with Gasteiger partial charge in [-0.25, -0.2) is 0 Å². The molecular formula is C14H18N4O. The Balaban J connectivity index is 1.64. The number of carbonyl (C=O) groups excluding carboxylic acids is 1. The van der Waals surface area contributed by atoms with Gasteiger partial charge in [-0.3, -0.25) is 9.48 Å². The van der Waals surface area contributed by atoms with Crippen LogP contribution < -0.4 is 11.1 Å². The fourth-order valence-electron chi connectivity index (χ4n) is 1.83. The monoisotopic (exact) mass is 258 g/mol. The average molecular weight is 258 g/mol. The molecule has 0 aliphatic carbocycles. The van der Waals surface area contributed by atoms with Gasteiger partial charge in [0.25, 0.3) is 0 Å². The van der Waals surface area contributed by atoms with Crippen LogP contribution >= 0.6 is 0 Å². The molecule has 0 aliphatic rings. The summed E-state index contributed by atoms with van der Waals surface area (Å²) in [5.41, 5.74) is 7.38. The van der Waals surface area contributed by atoms with E-state index in [1.165, 1.54) is 16.4 Å². The standard InChI is InChI=1S/C14H18N4O/c15-13-9-17-18(10-13)11-14(19)16-8-4-7-12-5-2-1-3-6-12/h1-3,5-6,9-10H,4,7-8,11,15H2,(H,16,19). The van der Waals surface area contributed by atoms with E-state index in [0.717, 1.165) is 12.8 Å². The summed E-state index contributed by atoms with van der Waals surface area (Å²) >= 11 is 0. The van der Waals surface area contributed by atoms with Gasteiger partial charge in [-0.05, 0) is 18.4 Å². The lowest BCUT2D eigenvalue weighted by atomic mass is 10.1. The minimum absolute atomic E-state index is 0.0452. The van der Waals surface area contributed by atoms with Crippen LogP contribution in [0.3, 0.4) is 0 Å². The van der Waals surface area contributed by atoms with E-state index in [4.69, 9.17) is 5.73 Å². The normalized spacial score (nSPS) is 10.3. The maximum absolute atomic E-state index is 11.6. The third kappa shape index (κ3) is 4.46. The van der Waals surface area contributed by atoms with Crippen LogP contribution in [0.25, 0.3) is 0 Å². The molecule has 2 aromatic rings. The lowest BCUT2D eigenvalue weighted by molar-refractivity contribution is -0.121. The maximum Gasteiger partial charge on any atom is 0.241 e. The Labute approximate surface area is 112 Å². The first-order chi connectivity index (χ1) is 9.24. The van der Waals surface area contributed by atoms with Crippen molar-refractivity contribution in [2.45, 2.75) is 19.4 Å². The van der Waals surface area contributed by atoms with Crippen molar-refractivity contribution in [3.8, 4) is 0 Å². The molecule has 2 rings (SSSR count). The number of hydrogen-bond donors (Lipinski definition) is 2. The summed E-state index contributed by atoms with van der Waals surface area (Å²) in [6.45, 7) is 0.882. The van der Waals surface area contributed by atoms with E-state index in [1.54, 1.807) is 6.20 Å². The number of nitrogens with one attached hydrogen (secondary N) is 1. The van der Waals surface area contributed by atoms with Crippen LogP contribution in [-0.2, 0) is 17.8 Å². The first kappa shape index (κ1) is 13.1. The number of aromatic nitrogens is 2. The van der Waals surface area contributed by atoms with Gasteiger partial charge in [0.2, 0.25) is 5.91 Å². The summed E-state index contributed by atoms with van der Waals surface area (Å²) in [5, 5.41) is 6.83. The highest BCUT2D eigenvalue weighted by atomic mass is 16.2. The number of amides is 1. The summed E-state index contributed by atoms with van der Waals surface area (Å²) in [6.07, 6.45) is 5.07. The molecule has 3 N–H and O–H groups in total. The molecule has 0 saturated carbocycles. The summed E-state index contributed by atoms with van der Waals surface area (Å²) in [4.78, 5) is 11.6. The molecule has 0 aliphatic heterocycles. The number of carbonyl (C=O) groups is 1. The van der Waals surface area contributed by atoms with Crippen molar-refractivity contribution < 1.29 is 4.79 Å². The number of aryl methyl sites for hydroxylation is 1. The van der Waals surface area contributed by atoms with Crippen molar-refractivity contribution in [1.29, 1.82) is 0 Å². The lowest BCUT2D eigenvalue weighted by Crippen LogP contribution is -2.28. The zero-order chi connectivity index (χ0) is 13.5. The highest BCUT2D eigenvalue weighted by Gasteiger charge is 2.03. The summed E-state index contributed by atoms with van der Waals surface area (Å²) in [6, 6.07) is 10.2. The smallest absolute Gasteiger partial charge is 0.241 e. The van der Waals surface area contributed by atoms with Gasteiger partial charge in [0, 0.05) is 12.7 Å². The van der Waals surface area contributed by atoms with Gasteiger partial charge in [-0.15, -0.1) is 0 Å². The van der Waals surface area contributed by atoms with Gasteiger partial charge in [0.05, 0.1) is 11.9 Å². The van der Waals surface area contributed by atoms with Crippen molar-refractivity contribution in [3.63, 3.8) is 0 Å². The van der Waals surface area contributed by atoms with Crippen LogP contribution in [0.2, 0.25) is 0 Å². The number of benzene rings is 1. The molecule has 0 radical (unpaired) electrons. The quantitative estimate of drug-likeness (QED) is 0.765. The summed E-state index contributed by atoms with van der Waals surface area (Å²) in [7, 11) is 0. The Hall–Kier alpha value is -2.30. The second-order valence-electron chi connectivity index (χ2n) is 4.41. The van der Waals surface area contributed by atoms with E-state index in [-0.39, 0.29) is 12.5 Å². The number of anilines is 1. The fraction of sp³-hybridized carbons (Fsp3) is 0.286. The molecule has 19 heavy (non-hydrogen) atoms. The second kappa shape index (κ2) is 6.58. The third-order valence-corrected chi connectivity index (χ3v) is 2.77. The first-order valence-electron chi connectivity index (χ1n) is 6.32. The van der Waals surface area contributed by atoms with E-state index in [0.29, 0.717) is 12.2 Å².